The summed E-state index contributed by atoms with van der Waals surface area (Å²) >= 11 is 3.72. The highest BCUT2D eigenvalue weighted by molar-refractivity contribution is 7.81. The first kappa shape index (κ1) is 9.49. The second-order valence-corrected chi connectivity index (χ2v) is 2.46. The minimum Gasteiger partial charge on any atom is -0.481 e. The minimum absolute atomic E-state index is 0.0822. The molecule has 0 aromatic carbocycles. The number of carboxylic acid groups (broad SMARTS) is 1. The topological polar surface area (TPSA) is 54.4 Å². The smallest absolute Gasteiger partial charge is 0.306 e. The number of aliphatic carboxylic acids is 1. The summed E-state index contributed by atoms with van der Waals surface area (Å²) in [5.74, 6) is -1.52. The van der Waals surface area contributed by atoms with Crippen LogP contribution in [0, 0.1) is 5.92 Å². The van der Waals surface area contributed by atoms with Crippen molar-refractivity contribution in [2.45, 2.75) is 13.3 Å². The Morgan fingerprint density at radius 2 is 2.10 bits per heavy atom. The molecule has 4 heteroatoms. The SMILES string of the molecule is C[C@@H](CC(=O)CS)C(=O)O. The molecule has 0 unspecified atom stereocenters. The molecule has 1 atom stereocenters. The number of carboxylic acids is 1. The zero-order chi connectivity index (χ0) is 8.15. The Hall–Kier alpha value is -0.510. The van der Waals surface area contributed by atoms with Gasteiger partial charge >= 0.3 is 5.97 Å². The quantitative estimate of drug-likeness (QED) is 0.595. The molecule has 3 nitrogen and oxygen atoms in total. The molecule has 0 aromatic heterocycles. The number of Topliss-reactive ketones (excluding diaryl/α,β-unsaturated/α-hetero) is 1. The maximum absolute atomic E-state index is 10.6. The molecule has 0 fully saturated rings. The van der Waals surface area contributed by atoms with Crippen molar-refractivity contribution in [1.29, 1.82) is 0 Å². The lowest BCUT2D eigenvalue weighted by atomic mass is 10.1. The molecule has 0 radical (unpaired) electrons. The van der Waals surface area contributed by atoms with E-state index in [1.807, 2.05) is 0 Å². The summed E-state index contributed by atoms with van der Waals surface area (Å²) in [6, 6.07) is 0. The van der Waals surface area contributed by atoms with Gasteiger partial charge in [-0.05, 0) is 0 Å². The number of carbonyl (C=O) groups is 2. The van der Waals surface area contributed by atoms with Crippen LogP contribution in [0.2, 0.25) is 0 Å². The van der Waals surface area contributed by atoms with Gasteiger partial charge in [0.05, 0.1) is 5.92 Å². The van der Waals surface area contributed by atoms with Crippen LogP contribution in [0.3, 0.4) is 0 Å². The molecule has 0 heterocycles. The van der Waals surface area contributed by atoms with Gasteiger partial charge in [-0.3, -0.25) is 9.59 Å². The van der Waals surface area contributed by atoms with Crippen LogP contribution in [0.25, 0.3) is 0 Å². The van der Waals surface area contributed by atoms with E-state index in [9.17, 15) is 9.59 Å². The van der Waals surface area contributed by atoms with Crippen molar-refractivity contribution in [3.05, 3.63) is 0 Å². The lowest BCUT2D eigenvalue weighted by Crippen LogP contribution is -2.15. The molecule has 0 rings (SSSR count). The third kappa shape index (κ3) is 3.50. The van der Waals surface area contributed by atoms with Gasteiger partial charge in [0.25, 0.3) is 0 Å². The largest absolute Gasteiger partial charge is 0.481 e. The van der Waals surface area contributed by atoms with Crippen LogP contribution in [-0.4, -0.2) is 22.6 Å². The molecule has 1 N–H and O–H groups in total. The predicted octanol–water partition coefficient (Wildman–Crippen LogP) is 0.596. The normalized spacial score (nSPS) is 12.6. The van der Waals surface area contributed by atoms with E-state index in [4.69, 9.17) is 5.11 Å². The zero-order valence-electron chi connectivity index (χ0n) is 5.70. The molecule has 0 spiro atoms. The summed E-state index contributed by atoms with van der Waals surface area (Å²) in [5, 5.41) is 8.35. The molecule has 10 heavy (non-hydrogen) atoms. The van der Waals surface area contributed by atoms with Gasteiger partial charge in [-0.2, -0.15) is 12.6 Å². The number of hydrogen-bond acceptors (Lipinski definition) is 3. The van der Waals surface area contributed by atoms with Gasteiger partial charge in [-0.15, -0.1) is 0 Å². The maximum Gasteiger partial charge on any atom is 0.306 e. The average molecular weight is 162 g/mol. The predicted molar refractivity (Wildman–Crippen MR) is 40.3 cm³/mol. The number of hydrogen-bond donors (Lipinski definition) is 2. The number of carbonyl (C=O) groups excluding carboxylic acids is 1. The molecular weight excluding hydrogens is 152 g/mol. The Morgan fingerprint density at radius 3 is 2.40 bits per heavy atom. The fourth-order valence-corrected chi connectivity index (χ4v) is 0.622. The van der Waals surface area contributed by atoms with E-state index < -0.39 is 11.9 Å². The van der Waals surface area contributed by atoms with Gasteiger partial charge in [-0.1, -0.05) is 6.92 Å². The fraction of sp³-hybridized carbons (Fsp3) is 0.667. The number of rotatable bonds is 4. The van der Waals surface area contributed by atoms with Crippen molar-refractivity contribution in [3.8, 4) is 0 Å². The van der Waals surface area contributed by atoms with Gasteiger partial charge in [0.2, 0.25) is 0 Å². The van der Waals surface area contributed by atoms with E-state index in [1.54, 1.807) is 0 Å². The van der Waals surface area contributed by atoms with Crippen molar-refractivity contribution < 1.29 is 14.7 Å². The van der Waals surface area contributed by atoms with Crippen LogP contribution >= 0.6 is 12.6 Å². The Bertz CT molecular complexity index is 144. The lowest BCUT2D eigenvalue weighted by Gasteiger charge is -2.01. The third-order valence-electron chi connectivity index (χ3n) is 1.13. The summed E-state index contributed by atoms with van der Waals surface area (Å²) in [4.78, 5) is 20.8. The molecule has 0 bridgehead atoms. The van der Waals surface area contributed by atoms with Gasteiger partial charge in [0.15, 0.2) is 0 Å². The monoisotopic (exact) mass is 162 g/mol. The standard InChI is InChI=1S/C6H10O3S/c1-4(6(8)9)2-5(7)3-10/h4,10H,2-3H2,1H3,(H,8,9)/t4-/m0/s1. The van der Waals surface area contributed by atoms with E-state index in [1.165, 1.54) is 6.92 Å². The summed E-state index contributed by atoms with van der Waals surface area (Å²) in [6.07, 6.45) is 0.0822. The molecular formula is C6H10O3S. The maximum atomic E-state index is 10.6. The average Bonchev–Trinajstić information content (AvgIpc) is 1.87. The van der Waals surface area contributed by atoms with Crippen molar-refractivity contribution in [1.82, 2.24) is 0 Å². The second-order valence-electron chi connectivity index (χ2n) is 2.14. The molecule has 0 aliphatic rings. The fourth-order valence-electron chi connectivity index (χ4n) is 0.493. The Balaban J connectivity index is 3.68. The molecule has 58 valence electrons. The first-order valence-electron chi connectivity index (χ1n) is 2.93. The van der Waals surface area contributed by atoms with Crippen LogP contribution in [0.5, 0.6) is 0 Å². The van der Waals surface area contributed by atoms with Crippen molar-refractivity contribution in [3.63, 3.8) is 0 Å². The highest BCUT2D eigenvalue weighted by atomic mass is 32.1. The summed E-state index contributed by atoms with van der Waals surface area (Å²) in [5.41, 5.74) is 0. The van der Waals surface area contributed by atoms with Crippen LogP contribution in [0.15, 0.2) is 0 Å². The Morgan fingerprint density at radius 1 is 1.60 bits per heavy atom. The molecule has 0 amide bonds. The molecule has 0 aliphatic heterocycles. The van der Waals surface area contributed by atoms with E-state index in [-0.39, 0.29) is 18.0 Å². The van der Waals surface area contributed by atoms with Crippen LogP contribution in [0.4, 0.5) is 0 Å². The summed E-state index contributed by atoms with van der Waals surface area (Å²) in [7, 11) is 0. The lowest BCUT2D eigenvalue weighted by molar-refractivity contribution is -0.142. The highest BCUT2D eigenvalue weighted by Crippen LogP contribution is 2.02. The first-order valence-corrected chi connectivity index (χ1v) is 3.56. The van der Waals surface area contributed by atoms with Crippen LogP contribution < -0.4 is 0 Å². The molecule has 0 aromatic rings. The van der Waals surface area contributed by atoms with Gasteiger partial charge in [0, 0.05) is 12.2 Å². The van der Waals surface area contributed by atoms with Crippen molar-refractivity contribution >= 4 is 24.4 Å². The van der Waals surface area contributed by atoms with Crippen molar-refractivity contribution in [2.24, 2.45) is 5.92 Å². The summed E-state index contributed by atoms with van der Waals surface area (Å²) < 4.78 is 0. The van der Waals surface area contributed by atoms with Gasteiger partial charge < -0.3 is 5.11 Å². The molecule has 0 aliphatic carbocycles. The van der Waals surface area contributed by atoms with Crippen molar-refractivity contribution in [2.75, 3.05) is 5.75 Å². The molecule has 0 saturated carbocycles. The highest BCUT2D eigenvalue weighted by Gasteiger charge is 2.13. The Labute approximate surface area is 64.8 Å². The number of thiol groups is 1. The van der Waals surface area contributed by atoms with Gasteiger partial charge in [0.1, 0.15) is 5.78 Å². The minimum atomic E-state index is -0.935. The summed E-state index contributed by atoms with van der Waals surface area (Å²) in [6.45, 7) is 1.50. The van der Waals surface area contributed by atoms with Crippen LogP contribution in [-0.2, 0) is 9.59 Å². The van der Waals surface area contributed by atoms with Crippen LogP contribution in [0.1, 0.15) is 13.3 Å². The van der Waals surface area contributed by atoms with E-state index >= 15 is 0 Å². The zero-order valence-corrected chi connectivity index (χ0v) is 6.60. The van der Waals surface area contributed by atoms with E-state index in [0.717, 1.165) is 0 Å². The first-order chi connectivity index (χ1) is 4.57. The third-order valence-corrected chi connectivity index (χ3v) is 1.48. The van der Waals surface area contributed by atoms with E-state index in [2.05, 4.69) is 12.6 Å². The Kier molecular flexibility index (Phi) is 4.11. The molecule has 0 saturated heterocycles. The van der Waals surface area contributed by atoms with E-state index in [0.29, 0.717) is 0 Å². The van der Waals surface area contributed by atoms with Gasteiger partial charge in [-0.25, -0.2) is 0 Å². The second kappa shape index (κ2) is 4.33. The number of ketones is 1.